The number of carboxylic acids is 1. The van der Waals surface area contributed by atoms with E-state index in [1.807, 2.05) is 19.3 Å². The SMILES string of the molecule is COc1cc2cc(c1Cl)N(C)C(=O)CC(OC(=O)[C@H](C)N(C)C(=O)NC(CCSC)C(=O)O)C1(C)OC1C(C)C1CC(O)(NC(=O)O1)C(OC)/C=C/C=C(\C)C2. The molecule has 2 fully saturated rings. The second-order valence-electron chi connectivity index (χ2n) is 14.6. The Balaban J connectivity index is 1.72. The number of ether oxygens (including phenoxy) is 5. The van der Waals surface area contributed by atoms with E-state index in [4.69, 9.17) is 35.3 Å². The van der Waals surface area contributed by atoms with Crippen LogP contribution in [-0.2, 0) is 39.8 Å². The van der Waals surface area contributed by atoms with Crippen LogP contribution in [-0.4, -0.2) is 133 Å². The van der Waals surface area contributed by atoms with Gasteiger partial charge in [-0.15, -0.1) is 0 Å². The van der Waals surface area contributed by atoms with Gasteiger partial charge >= 0.3 is 24.1 Å². The Labute approximate surface area is 336 Å². The summed E-state index contributed by atoms with van der Waals surface area (Å²) in [6, 6.07) is 0.310. The van der Waals surface area contributed by atoms with Gasteiger partial charge in [-0.05, 0) is 63.3 Å². The number of anilines is 1. The molecule has 8 unspecified atom stereocenters. The van der Waals surface area contributed by atoms with Crippen LogP contribution in [0.3, 0.4) is 0 Å². The van der Waals surface area contributed by atoms with Crippen molar-refractivity contribution in [2.75, 3.05) is 45.2 Å². The Morgan fingerprint density at radius 1 is 1.25 bits per heavy atom. The summed E-state index contributed by atoms with van der Waals surface area (Å²) >= 11 is 8.18. The molecule has 0 saturated carbocycles. The van der Waals surface area contributed by atoms with E-state index in [0.29, 0.717) is 23.6 Å². The van der Waals surface area contributed by atoms with Gasteiger partial charge in [0.15, 0.2) is 5.72 Å². The zero-order chi connectivity index (χ0) is 41.7. The van der Waals surface area contributed by atoms with Crippen molar-refractivity contribution in [3.8, 4) is 5.75 Å². The van der Waals surface area contributed by atoms with Crippen molar-refractivity contribution in [1.29, 1.82) is 0 Å². The molecule has 4 N–H and O–H groups in total. The quantitative estimate of drug-likeness (QED) is 0.196. The number of halogens is 1. The van der Waals surface area contributed by atoms with Gasteiger partial charge in [0.1, 0.15) is 46.8 Å². The lowest BCUT2D eigenvalue weighted by molar-refractivity contribution is -0.158. The third-order valence-corrected chi connectivity index (χ3v) is 11.7. The van der Waals surface area contributed by atoms with Crippen LogP contribution in [0.4, 0.5) is 15.3 Å². The van der Waals surface area contributed by atoms with Gasteiger partial charge in [0.05, 0.1) is 25.3 Å². The number of thioether (sulfide) groups is 1. The predicted octanol–water partition coefficient (Wildman–Crippen LogP) is 3.90. The van der Waals surface area contributed by atoms with Crippen molar-refractivity contribution in [1.82, 2.24) is 15.5 Å². The van der Waals surface area contributed by atoms with E-state index in [1.54, 1.807) is 38.1 Å². The highest BCUT2D eigenvalue weighted by Crippen LogP contribution is 2.49. The number of carbonyl (C=O) groups excluding carboxylic acids is 4. The third-order valence-electron chi connectivity index (χ3n) is 10.7. The number of likely N-dealkylation sites (N-methyl/N-ethyl adjacent to an activating group) is 1. The van der Waals surface area contributed by atoms with Crippen LogP contribution in [0.5, 0.6) is 5.75 Å². The van der Waals surface area contributed by atoms with Crippen molar-refractivity contribution in [3.63, 3.8) is 0 Å². The first-order chi connectivity index (χ1) is 26.3. The molecule has 0 aliphatic carbocycles. The summed E-state index contributed by atoms with van der Waals surface area (Å²) in [6.07, 6.45) is 2.38. The standard InChI is InChI=1S/C38H53ClN4O12S/c1-20-11-10-12-28(52-8)38(50)19-27(53-36(49)41-38)21(2)32-37(4,55-32)29(18-30(44)43(6)25-16-23(15-20)17-26(51-7)31(25)39)54-34(47)22(3)42(5)35(48)40-24(33(45)46)13-14-56-9/h10-12,16-17,21-22,24,27-29,32,50H,13-15,18-19H2,1-9H3,(H,40,48)(H,41,49)(H,45,46)/b12-10+,20-11+/t21?,22-,24?,27?,28?,29?,32?,37?,38?/m0/s1. The first-order valence-corrected chi connectivity index (χ1v) is 19.9. The molecule has 9 atom stereocenters. The molecule has 0 radical (unpaired) electrons. The molecule has 0 aromatic heterocycles. The molecule has 3 heterocycles. The summed E-state index contributed by atoms with van der Waals surface area (Å²) in [5.41, 5.74) is -1.16. The van der Waals surface area contributed by atoms with Crippen LogP contribution in [0.25, 0.3) is 0 Å². The highest BCUT2D eigenvalue weighted by atomic mass is 35.5. The number of epoxide rings is 1. The number of hydrogen-bond acceptors (Lipinski definition) is 12. The van der Waals surface area contributed by atoms with Gasteiger partial charge in [-0.1, -0.05) is 42.3 Å². The number of amides is 4. The van der Waals surface area contributed by atoms with Crippen LogP contribution in [0, 0.1) is 5.92 Å². The lowest BCUT2D eigenvalue weighted by Crippen LogP contribution is -2.63. The monoisotopic (exact) mass is 824 g/mol. The average molecular weight is 825 g/mol. The Hall–Kier alpha value is -4.03. The van der Waals surface area contributed by atoms with Gasteiger partial charge in [-0.3, -0.25) is 10.1 Å². The number of benzene rings is 1. The van der Waals surface area contributed by atoms with Crippen LogP contribution in [0.1, 0.15) is 52.5 Å². The molecule has 2 saturated heterocycles. The number of nitrogens with one attached hydrogen (secondary N) is 2. The molecular formula is C38H53ClN4O12S. The van der Waals surface area contributed by atoms with Gasteiger partial charge in [-0.2, -0.15) is 11.8 Å². The number of methoxy groups -OCH3 is 2. The largest absolute Gasteiger partial charge is 0.495 e. The number of urea groups is 1. The minimum absolute atomic E-state index is 0.0944. The first kappa shape index (κ1) is 44.7. The highest BCUT2D eigenvalue weighted by Gasteiger charge is 2.64. The number of nitrogens with zero attached hydrogens (tertiary/aromatic N) is 2. The summed E-state index contributed by atoms with van der Waals surface area (Å²) in [6.45, 7) is 6.73. The molecule has 3 aliphatic heterocycles. The average Bonchev–Trinajstić information content (AvgIpc) is 3.84. The van der Waals surface area contributed by atoms with E-state index in [1.165, 1.54) is 51.9 Å². The molecule has 310 valence electrons. The lowest BCUT2D eigenvalue weighted by Gasteiger charge is -2.42. The lowest BCUT2D eigenvalue weighted by atomic mass is 9.83. The molecule has 4 bridgehead atoms. The van der Waals surface area contributed by atoms with E-state index >= 15 is 0 Å². The number of aliphatic hydroxyl groups is 1. The van der Waals surface area contributed by atoms with Crippen LogP contribution >= 0.6 is 23.4 Å². The molecule has 3 aliphatic rings. The van der Waals surface area contributed by atoms with Crippen molar-refractivity contribution in [3.05, 3.63) is 46.5 Å². The number of alkyl carbamates (subject to hydrolysis) is 1. The molecule has 1 aromatic carbocycles. The van der Waals surface area contributed by atoms with Crippen molar-refractivity contribution >= 4 is 59.0 Å². The molecule has 16 nitrogen and oxygen atoms in total. The van der Waals surface area contributed by atoms with E-state index in [-0.39, 0.29) is 17.9 Å². The van der Waals surface area contributed by atoms with Crippen LogP contribution < -0.4 is 20.3 Å². The minimum Gasteiger partial charge on any atom is -0.495 e. The molecule has 4 rings (SSSR count). The zero-order valence-corrected chi connectivity index (χ0v) is 34.7. The van der Waals surface area contributed by atoms with Crippen LogP contribution in [0.15, 0.2) is 35.9 Å². The molecule has 18 heteroatoms. The maximum atomic E-state index is 14.2. The molecule has 4 amide bonds. The van der Waals surface area contributed by atoms with E-state index < -0.39 is 90.1 Å². The number of allylic oxidation sites excluding steroid dienone is 3. The zero-order valence-electron chi connectivity index (χ0n) is 33.1. The third kappa shape index (κ3) is 10.1. The molecule has 0 spiro atoms. The number of carbonyl (C=O) groups is 5. The fraction of sp³-hybridized carbons (Fsp3) is 0.605. The molecule has 56 heavy (non-hydrogen) atoms. The number of rotatable bonds is 10. The van der Waals surface area contributed by atoms with E-state index in [2.05, 4.69) is 10.6 Å². The summed E-state index contributed by atoms with van der Waals surface area (Å²) in [4.78, 5) is 68.1. The molecule has 1 aromatic rings. The predicted molar refractivity (Wildman–Crippen MR) is 209 cm³/mol. The van der Waals surface area contributed by atoms with Gasteiger partial charge in [0, 0.05) is 33.5 Å². The minimum atomic E-state index is -1.87. The maximum Gasteiger partial charge on any atom is 0.409 e. The fourth-order valence-corrected chi connectivity index (χ4v) is 7.71. The van der Waals surface area contributed by atoms with Gasteiger partial charge in [0.2, 0.25) is 5.91 Å². The number of aliphatic carboxylic acids is 1. The van der Waals surface area contributed by atoms with E-state index in [9.17, 15) is 34.2 Å². The number of hydrogen-bond donors (Lipinski definition) is 4. The fourth-order valence-electron chi connectivity index (χ4n) is 6.92. The Kier molecular flexibility index (Phi) is 14.8. The van der Waals surface area contributed by atoms with E-state index in [0.717, 1.165) is 16.0 Å². The van der Waals surface area contributed by atoms with Gasteiger partial charge < -0.3 is 49.0 Å². The summed E-state index contributed by atoms with van der Waals surface area (Å²) in [7, 11) is 5.73. The summed E-state index contributed by atoms with van der Waals surface area (Å²) in [5.74, 6) is -2.37. The number of fused-ring (bicyclic) bond motifs is 5. The van der Waals surface area contributed by atoms with Gasteiger partial charge in [0.25, 0.3) is 0 Å². The van der Waals surface area contributed by atoms with Crippen LogP contribution in [0.2, 0.25) is 5.02 Å². The smallest absolute Gasteiger partial charge is 0.409 e. The number of carboxylic acid groups (broad SMARTS) is 1. The van der Waals surface area contributed by atoms with Gasteiger partial charge in [-0.25, -0.2) is 19.2 Å². The Morgan fingerprint density at radius 3 is 2.57 bits per heavy atom. The maximum absolute atomic E-state index is 14.2. The summed E-state index contributed by atoms with van der Waals surface area (Å²) < 4.78 is 29.1. The summed E-state index contributed by atoms with van der Waals surface area (Å²) in [5, 5.41) is 26.5. The van der Waals surface area contributed by atoms with Crippen molar-refractivity contribution < 1.29 is 57.9 Å². The second-order valence-corrected chi connectivity index (χ2v) is 16.0. The topological polar surface area (TPSA) is 206 Å². The molecular weight excluding hydrogens is 772 g/mol. The normalized spacial score (nSPS) is 30.6. The number of esters is 1. The van der Waals surface area contributed by atoms with Crippen molar-refractivity contribution in [2.24, 2.45) is 5.92 Å². The highest BCUT2D eigenvalue weighted by molar-refractivity contribution is 7.98. The Morgan fingerprint density at radius 2 is 1.95 bits per heavy atom. The second kappa shape index (κ2) is 18.5. The van der Waals surface area contributed by atoms with Crippen molar-refractivity contribution in [2.45, 2.75) is 101 Å². The Bertz CT molecular complexity index is 1730. The first-order valence-electron chi connectivity index (χ1n) is 18.1.